The van der Waals surface area contributed by atoms with Crippen LogP contribution in [-0.2, 0) is 0 Å². The summed E-state index contributed by atoms with van der Waals surface area (Å²) in [4.78, 5) is 2.98. The predicted molar refractivity (Wildman–Crippen MR) is 56.5 cm³/mol. The Morgan fingerprint density at radius 1 is 1.07 bits per heavy atom. The Morgan fingerprint density at radius 2 is 1.87 bits per heavy atom. The molecule has 3 N–H and O–H groups in total. The van der Waals surface area contributed by atoms with E-state index in [1.54, 1.807) is 12.1 Å². The third-order valence-corrected chi connectivity index (χ3v) is 2.36. The highest BCUT2D eigenvalue weighted by molar-refractivity contribution is 5.68. The maximum Gasteiger partial charge on any atom is 0.170 e. The minimum Gasteiger partial charge on any atom is -0.504 e. The van der Waals surface area contributed by atoms with E-state index in [4.69, 9.17) is 0 Å². The number of H-pyrrole nitrogens is 1. The first-order valence-corrected chi connectivity index (χ1v) is 4.67. The second-order valence-electron chi connectivity index (χ2n) is 3.44. The summed E-state index contributed by atoms with van der Waals surface area (Å²) in [5.41, 5.74) is 3.00. The summed E-state index contributed by atoms with van der Waals surface area (Å²) in [6, 6.07) is 6.75. The molecule has 0 unspecified atom stereocenters. The van der Waals surface area contributed by atoms with E-state index in [0.717, 1.165) is 16.7 Å². The number of nitrogens with one attached hydrogen (secondary N) is 1. The number of benzene rings is 1. The zero-order valence-electron chi connectivity index (χ0n) is 8.36. The van der Waals surface area contributed by atoms with E-state index in [-0.39, 0.29) is 11.5 Å². The Kier molecular flexibility index (Phi) is 2.29. The van der Waals surface area contributed by atoms with Crippen molar-refractivity contribution in [2.45, 2.75) is 6.92 Å². The highest BCUT2D eigenvalue weighted by atomic mass is 16.3. The number of phenolic OH excluding ortho intramolecular Hbond substituents is 2. The molecule has 2 rings (SSSR count). The Morgan fingerprint density at radius 3 is 2.53 bits per heavy atom. The van der Waals surface area contributed by atoms with Crippen molar-refractivity contribution in [2.75, 3.05) is 0 Å². The molecule has 0 radical (unpaired) electrons. The molecule has 3 heteroatoms. The van der Waals surface area contributed by atoms with Crippen LogP contribution in [0.5, 0.6) is 11.5 Å². The highest BCUT2D eigenvalue weighted by Gasteiger charge is 2.06. The molecule has 0 atom stereocenters. The number of aromatic nitrogens is 1. The molecule has 2 aromatic rings. The van der Waals surface area contributed by atoms with E-state index >= 15 is 0 Å². The molecule has 0 bridgehead atoms. The Bertz CT molecular complexity index is 495. The van der Waals surface area contributed by atoms with Crippen molar-refractivity contribution in [2.24, 2.45) is 0 Å². The van der Waals surface area contributed by atoms with Crippen LogP contribution < -0.4 is 4.98 Å². The standard InChI is InChI=1S/C12H11NO2/c1-8-7-13-5-4-10(8)9-2-3-11(14)12(15)6-9/h2-7,14-15H,1H3/p+1. The van der Waals surface area contributed by atoms with Crippen molar-refractivity contribution in [3.8, 4) is 22.6 Å². The van der Waals surface area contributed by atoms with Crippen molar-refractivity contribution in [1.29, 1.82) is 0 Å². The Hall–Kier alpha value is -2.03. The van der Waals surface area contributed by atoms with Crippen LogP contribution in [0.25, 0.3) is 11.1 Å². The summed E-state index contributed by atoms with van der Waals surface area (Å²) in [6.07, 6.45) is 3.71. The summed E-state index contributed by atoms with van der Waals surface area (Å²) in [5, 5.41) is 18.6. The number of aromatic hydroxyl groups is 2. The van der Waals surface area contributed by atoms with E-state index in [9.17, 15) is 10.2 Å². The van der Waals surface area contributed by atoms with Gasteiger partial charge in [-0.15, -0.1) is 0 Å². The highest BCUT2D eigenvalue weighted by Crippen LogP contribution is 2.31. The molecule has 76 valence electrons. The van der Waals surface area contributed by atoms with Gasteiger partial charge in [-0.05, 0) is 30.2 Å². The molecule has 0 fully saturated rings. The van der Waals surface area contributed by atoms with Gasteiger partial charge < -0.3 is 10.2 Å². The fourth-order valence-corrected chi connectivity index (χ4v) is 1.53. The quantitative estimate of drug-likeness (QED) is 0.694. The lowest BCUT2D eigenvalue weighted by atomic mass is 10.0. The first-order valence-electron chi connectivity index (χ1n) is 4.67. The number of hydrogen-bond donors (Lipinski definition) is 2. The molecule has 0 aliphatic carbocycles. The molecule has 1 heterocycles. The third-order valence-electron chi connectivity index (χ3n) is 2.36. The zero-order valence-corrected chi connectivity index (χ0v) is 8.36. The summed E-state index contributed by atoms with van der Waals surface area (Å²) < 4.78 is 0. The van der Waals surface area contributed by atoms with Crippen molar-refractivity contribution >= 4 is 0 Å². The molecule has 15 heavy (non-hydrogen) atoms. The van der Waals surface area contributed by atoms with Crippen LogP contribution in [0.15, 0.2) is 36.7 Å². The lowest BCUT2D eigenvalue weighted by molar-refractivity contribution is -0.378. The van der Waals surface area contributed by atoms with Crippen LogP contribution in [-0.4, -0.2) is 10.2 Å². The van der Waals surface area contributed by atoms with Crippen LogP contribution in [0.2, 0.25) is 0 Å². The number of aryl methyl sites for hydroxylation is 1. The lowest BCUT2D eigenvalue weighted by Gasteiger charge is -2.04. The average molecular weight is 202 g/mol. The molecular formula is C12H12NO2+. The van der Waals surface area contributed by atoms with Gasteiger partial charge >= 0.3 is 0 Å². The Balaban J connectivity index is 2.55. The van der Waals surface area contributed by atoms with E-state index < -0.39 is 0 Å². The maximum absolute atomic E-state index is 9.39. The van der Waals surface area contributed by atoms with Crippen LogP contribution in [0.3, 0.4) is 0 Å². The molecule has 0 aliphatic heterocycles. The molecule has 0 amide bonds. The molecule has 0 aliphatic rings. The van der Waals surface area contributed by atoms with Gasteiger partial charge in [0.15, 0.2) is 23.9 Å². The second-order valence-corrected chi connectivity index (χ2v) is 3.44. The summed E-state index contributed by atoms with van der Waals surface area (Å²) in [7, 11) is 0. The van der Waals surface area contributed by atoms with E-state index in [2.05, 4.69) is 4.98 Å². The van der Waals surface area contributed by atoms with Gasteiger partial charge in [-0.1, -0.05) is 6.07 Å². The molecule has 0 saturated heterocycles. The average Bonchev–Trinajstić information content (AvgIpc) is 2.23. The van der Waals surface area contributed by atoms with Crippen LogP contribution in [0.1, 0.15) is 5.56 Å². The number of hydrogen-bond acceptors (Lipinski definition) is 2. The van der Waals surface area contributed by atoms with Crippen molar-refractivity contribution < 1.29 is 15.2 Å². The minimum atomic E-state index is -0.0982. The topological polar surface area (TPSA) is 54.6 Å². The monoisotopic (exact) mass is 202 g/mol. The summed E-state index contributed by atoms with van der Waals surface area (Å²) in [5.74, 6) is -0.196. The predicted octanol–water partition coefficient (Wildman–Crippen LogP) is 1.89. The largest absolute Gasteiger partial charge is 0.504 e. The Labute approximate surface area is 87.7 Å². The van der Waals surface area contributed by atoms with E-state index in [0.29, 0.717) is 0 Å². The van der Waals surface area contributed by atoms with Gasteiger partial charge in [0.25, 0.3) is 0 Å². The molecule has 3 nitrogen and oxygen atoms in total. The van der Waals surface area contributed by atoms with E-state index in [1.165, 1.54) is 6.07 Å². The summed E-state index contributed by atoms with van der Waals surface area (Å²) >= 11 is 0. The van der Waals surface area contributed by atoms with Gasteiger partial charge in [0.05, 0.1) is 0 Å². The zero-order chi connectivity index (χ0) is 10.8. The van der Waals surface area contributed by atoms with Crippen LogP contribution in [0, 0.1) is 6.92 Å². The number of aromatic amines is 1. The molecular weight excluding hydrogens is 190 g/mol. The first-order chi connectivity index (χ1) is 7.18. The fraction of sp³-hybridized carbons (Fsp3) is 0.0833. The maximum atomic E-state index is 9.39. The van der Waals surface area contributed by atoms with Crippen molar-refractivity contribution in [3.05, 3.63) is 42.2 Å². The van der Waals surface area contributed by atoms with Crippen LogP contribution >= 0.6 is 0 Å². The molecule has 0 spiro atoms. The smallest absolute Gasteiger partial charge is 0.170 e. The SMILES string of the molecule is Cc1c[nH+]ccc1-c1ccc(O)c(O)c1. The van der Waals surface area contributed by atoms with Crippen molar-refractivity contribution in [1.82, 2.24) is 0 Å². The van der Waals surface area contributed by atoms with E-state index in [1.807, 2.05) is 25.4 Å². The summed E-state index contributed by atoms with van der Waals surface area (Å²) in [6.45, 7) is 1.98. The van der Waals surface area contributed by atoms with Crippen molar-refractivity contribution in [3.63, 3.8) is 0 Å². The van der Waals surface area contributed by atoms with Gasteiger partial charge in [-0.2, -0.15) is 0 Å². The normalized spacial score (nSPS) is 10.2. The van der Waals surface area contributed by atoms with Gasteiger partial charge in [0.2, 0.25) is 0 Å². The first kappa shape index (κ1) is 9.52. The molecule has 0 saturated carbocycles. The molecule has 1 aromatic heterocycles. The van der Waals surface area contributed by atoms with Gasteiger partial charge in [0, 0.05) is 11.6 Å². The lowest BCUT2D eigenvalue weighted by Crippen LogP contribution is -2.00. The minimum absolute atomic E-state index is 0.0975. The number of pyridine rings is 1. The van der Waals surface area contributed by atoms with Crippen LogP contribution in [0.4, 0.5) is 0 Å². The fourth-order valence-electron chi connectivity index (χ4n) is 1.53. The van der Waals surface area contributed by atoms with Gasteiger partial charge in [-0.3, -0.25) is 0 Å². The van der Waals surface area contributed by atoms with Gasteiger partial charge in [0.1, 0.15) is 0 Å². The second kappa shape index (κ2) is 3.61. The van der Waals surface area contributed by atoms with Gasteiger partial charge in [-0.25, -0.2) is 4.98 Å². The molecule has 1 aromatic carbocycles. The third kappa shape index (κ3) is 1.76. The number of rotatable bonds is 1. The number of phenols is 2.